The van der Waals surface area contributed by atoms with Crippen LogP contribution in [-0.4, -0.2) is 110 Å². The second-order valence-corrected chi connectivity index (χ2v) is 17.2. The largest absolute Gasteiger partial charge is 0.453 e. The topological polar surface area (TPSA) is 163 Å². The molecule has 4 atom stereocenters. The van der Waals surface area contributed by atoms with E-state index in [1.165, 1.54) is 14.2 Å². The van der Waals surface area contributed by atoms with Gasteiger partial charge in [-0.2, -0.15) is 54.0 Å². The van der Waals surface area contributed by atoms with Crippen LogP contribution in [0.1, 0.15) is 70.9 Å². The van der Waals surface area contributed by atoms with Gasteiger partial charge < -0.3 is 40.0 Å². The van der Waals surface area contributed by atoms with Gasteiger partial charge in [-0.15, -0.1) is 0 Å². The number of allylic oxidation sites excluding steroid dienone is 1. The third kappa shape index (κ3) is 10.2. The Labute approximate surface area is 403 Å². The number of rotatable bonds is 10. The van der Waals surface area contributed by atoms with Gasteiger partial charge in [0.25, 0.3) is 0 Å². The van der Waals surface area contributed by atoms with E-state index in [4.69, 9.17) is 24.2 Å². The molecular formula is C46H63N7O7S4. The Morgan fingerprint density at radius 2 is 1.25 bits per heavy atom. The highest BCUT2D eigenvalue weighted by molar-refractivity contribution is 7.59. The van der Waals surface area contributed by atoms with Crippen molar-refractivity contribution in [3.63, 3.8) is 0 Å². The van der Waals surface area contributed by atoms with Crippen molar-refractivity contribution in [3.8, 4) is 11.1 Å². The molecule has 3 saturated heterocycles. The van der Waals surface area contributed by atoms with Crippen LogP contribution < -0.4 is 16.0 Å². The van der Waals surface area contributed by atoms with Crippen molar-refractivity contribution in [1.29, 1.82) is 0 Å². The van der Waals surface area contributed by atoms with Crippen molar-refractivity contribution in [1.82, 2.24) is 20.4 Å². The quantitative estimate of drug-likeness (QED) is 0.197. The van der Waals surface area contributed by atoms with Crippen molar-refractivity contribution >= 4 is 112 Å². The van der Waals surface area contributed by atoms with Crippen LogP contribution in [0.5, 0.6) is 0 Å². The molecule has 1 spiro atoms. The van der Waals surface area contributed by atoms with E-state index in [-0.39, 0.29) is 89.7 Å². The Kier molecular flexibility index (Phi) is 17.8. The van der Waals surface area contributed by atoms with Gasteiger partial charge in [0.2, 0.25) is 11.8 Å². The first-order chi connectivity index (χ1) is 28.9. The van der Waals surface area contributed by atoms with Crippen LogP contribution >= 0.6 is 54.0 Å². The fourth-order valence-electron chi connectivity index (χ4n) is 9.26. The normalized spacial score (nSPS) is 20.1. The number of amides is 4. The number of anilines is 1. The zero-order valence-corrected chi connectivity index (χ0v) is 41.2. The average molecular weight is 954 g/mol. The Bertz CT molecular complexity index is 2320. The van der Waals surface area contributed by atoms with Crippen molar-refractivity contribution in [2.45, 2.75) is 89.5 Å². The minimum absolute atomic E-state index is 0. The molecule has 0 unspecified atom stereocenters. The first-order valence-corrected chi connectivity index (χ1v) is 21.1. The standard InChI is InChI=1S/C46H55N7O7.4H2S/c1-26(2)39(49-44(56)58-5)42(54)52-17-7-9-37(52)36-22-33(23-47-36)31-14-13-28-19-30(12-11-29(28)20-31)32-15-16-34-35(21-32)48-41(51-46(34)24-60-25-46)38-10-8-18-53(38)43(55)40(27(3)4)50-45(57)59-6;;;;/h11-16,19-21,23,26-27,37-40H,7-10,17-18,22,24-25H2,1-6H3,(H,48,51)(H,49,56)(H,50,57);4*1H2/t37-,38-,39-,40-;;;;/m0..../s1. The third-order valence-electron chi connectivity index (χ3n) is 12.7. The van der Waals surface area contributed by atoms with Gasteiger partial charge in [0.05, 0.1) is 39.5 Å². The van der Waals surface area contributed by atoms with Crippen molar-refractivity contribution < 1.29 is 33.4 Å². The zero-order valence-electron chi connectivity index (χ0n) is 37.2. The van der Waals surface area contributed by atoms with E-state index in [9.17, 15) is 19.2 Å². The Balaban J connectivity index is 0.00000224. The highest BCUT2D eigenvalue weighted by atomic mass is 32.1. The van der Waals surface area contributed by atoms with Crippen molar-refractivity contribution in [2.75, 3.05) is 45.8 Å². The number of hydrogen-bond acceptors (Lipinski definition) is 10. The SMILES string of the molecule is COC(=O)N[C@H](C(=O)N1CCC[C@H]1C1=NC=C(c2ccc3cc(-c4ccc5c(c4)NC([C@@H]4CCCN4C(=O)[C@@H](NC(=O)OC)C(C)C)=NC54COC4)ccc3c2)C1)C(C)C.S.S.S.S. The van der Waals surface area contributed by atoms with Gasteiger partial charge in [0.15, 0.2) is 0 Å². The lowest BCUT2D eigenvalue weighted by atomic mass is 9.84. The zero-order chi connectivity index (χ0) is 42.3. The highest BCUT2D eigenvalue weighted by Gasteiger charge is 2.47. The number of ether oxygens (including phenoxy) is 3. The second-order valence-electron chi connectivity index (χ2n) is 17.2. The fraction of sp³-hybridized carbons (Fsp3) is 0.478. The van der Waals surface area contributed by atoms with Crippen molar-refractivity contribution in [3.05, 3.63) is 71.9 Å². The number of fused-ring (bicyclic) bond motifs is 3. The lowest BCUT2D eigenvalue weighted by Gasteiger charge is -2.44. The van der Waals surface area contributed by atoms with Crippen LogP contribution in [-0.2, 0) is 29.3 Å². The molecule has 0 aliphatic carbocycles. The van der Waals surface area contributed by atoms with Crippen LogP contribution in [0.2, 0.25) is 0 Å². The molecule has 3 aromatic carbocycles. The molecule has 18 heteroatoms. The minimum atomic E-state index is -0.714. The molecule has 0 radical (unpaired) electrons. The second kappa shape index (κ2) is 21.8. The lowest BCUT2D eigenvalue weighted by Crippen LogP contribution is -2.56. The van der Waals surface area contributed by atoms with Crippen LogP contribution in [0.15, 0.2) is 70.8 Å². The summed E-state index contributed by atoms with van der Waals surface area (Å²) in [6, 6.07) is 17.7. The maximum atomic E-state index is 13.9. The number of benzene rings is 3. The number of nitrogens with zero attached hydrogens (tertiary/aromatic N) is 4. The summed E-state index contributed by atoms with van der Waals surface area (Å²) in [6.07, 6.45) is 4.66. The van der Waals surface area contributed by atoms with Crippen LogP contribution in [0.3, 0.4) is 0 Å². The molecule has 14 nitrogen and oxygen atoms in total. The smallest absolute Gasteiger partial charge is 0.407 e. The molecule has 3 fully saturated rings. The number of likely N-dealkylation sites (tertiary alicyclic amines) is 2. The number of aliphatic imine (C=N–C) groups is 2. The molecule has 64 heavy (non-hydrogen) atoms. The molecule has 0 bridgehead atoms. The summed E-state index contributed by atoms with van der Waals surface area (Å²) < 4.78 is 15.4. The Morgan fingerprint density at radius 1 is 0.734 bits per heavy atom. The monoisotopic (exact) mass is 953 g/mol. The fourth-order valence-corrected chi connectivity index (χ4v) is 9.26. The van der Waals surface area contributed by atoms with Gasteiger partial charge >= 0.3 is 12.2 Å². The number of amidine groups is 1. The summed E-state index contributed by atoms with van der Waals surface area (Å²) >= 11 is 0. The number of nitrogens with one attached hydrogen (secondary N) is 3. The molecule has 3 N–H and O–H groups in total. The molecule has 5 aliphatic rings. The first-order valence-electron chi connectivity index (χ1n) is 21.1. The Morgan fingerprint density at radius 3 is 1.80 bits per heavy atom. The van der Waals surface area contributed by atoms with Gasteiger partial charge in [-0.1, -0.05) is 64.1 Å². The van der Waals surface area contributed by atoms with E-state index in [0.717, 1.165) is 81.5 Å². The predicted octanol–water partition coefficient (Wildman–Crippen LogP) is 6.94. The number of carbonyl (C=O) groups is 4. The molecule has 4 amide bonds. The van der Waals surface area contributed by atoms with E-state index < -0.39 is 29.8 Å². The van der Waals surface area contributed by atoms with E-state index in [0.29, 0.717) is 32.7 Å². The first kappa shape index (κ1) is 52.3. The molecule has 8 rings (SSSR count). The average Bonchev–Trinajstić information content (AvgIpc) is 4.04. The molecule has 0 aromatic heterocycles. The molecule has 0 saturated carbocycles. The van der Waals surface area contributed by atoms with Gasteiger partial charge in [-0.3, -0.25) is 19.6 Å². The van der Waals surface area contributed by atoms with Gasteiger partial charge in [-0.05, 0) is 88.8 Å². The maximum Gasteiger partial charge on any atom is 0.407 e. The van der Waals surface area contributed by atoms with Gasteiger partial charge in [0, 0.05) is 42.7 Å². The van der Waals surface area contributed by atoms with Gasteiger partial charge in [0.1, 0.15) is 23.5 Å². The van der Waals surface area contributed by atoms with E-state index >= 15 is 0 Å². The van der Waals surface area contributed by atoms with E-state index in [2.05, 4.69) is 70.5 Å². The molecule has 5 aliphatic heterocycles. The molecular weight excluding hydrogens is 891 g/mol. The predicted molar refractivity (Wildman–Crippen MR) is 272 cm³/mol. The van der Waals surface area contributed by atoms with Gasteiger partial charge in [-0.25, -0.2) is 9.59 Å². The molecule has 348 valence electrons. The van der Waals surface area contributed by atoms with Crippen LogP contribution in [0.25, 0.3) is 27.5 Å². The molecule has 3 aromatic rings. The van der Waals surface area contributed by atoms with Crippen LogP contribution in [0.4, 0.5) is 15.3 Å². The number of carbonyl (C=O) groups excluding carboxylic acids is 4. The summed E-state index contributed by atoms with van der Waals surface area (Å²) in [7, 11) is 2.60. The lowest BCUT2D eigenvalue weighted by molar-refractivity contribution is -0.135. The van der Waals surface area contributed by atoms with Crippen LogP contribution in [0, 0.1) is 11.8 Å². The third-order valence-corrected chi connectivity index (χ3v) is 12.7. The summed E-state index contributed by atoms with van der Waals surface area (Å²) in [5, 5.41) is 11.3. The highest BCUT2D eigenvalue weighted by Crippen LogP contribution is 2.44. The summed E-state index contributed by atoms with van der Waals surface area (Å²) in [5.41, 5.74) is 6.81. The summed E-state index contributed by atoms with van der Waals surface area (Å²) in [4.78, 5) is 65.5. The number of alkyl carbamates (subject to hydrolysis) is 2. The van der Waals surface area contributed by atoms with Crippen molar-refractivity contribution in [2.24, 2.45) is 21.8 Å². The number of methoxy groups -OCH3 is 2. The maximum absolute atomic E-state index is 13.9. The minimum Gasteiger partial charge on any atom is -0.453 e. The number of hydrogen-bond donors (Lipinski definition) is 3. The summed E-state index contributed by atoms with van der Waals surface area (Å²) in [5.74, 6) is 0.283. The summed E-state index contributed by atoms with van der Waals surface area (Å²) in [6.45, 7) is 9.80. The Hall–Kier alpha value is -4.36. The van der Waals surface area contributed by atoms with E-state index in [1.807, 2.05) is 43.7 Å². The van der Waals surface area contributed by atoms with E-state index in [1.54, 1.807) is 0 Å². The molecule has 5 heterocycles.